The van der Waals surface area contributed by atoms with Crippen molar-refractivity contribution >= 4 is 40.4 Å². The van der Waals surface area contributed by atoms with E-state index in [9.17, 15) is 9.59 Å². The summed E-state index contributed by atoms with van der Waals surface area (Å²) in [4.78, 5) is 28.1. The lowest BCUT2D eigenvalue weighted by molar-refractivity contribution is -0.120. The number of halogens is 1. The normalized spacial score (nSPS) is 13.7. The van der Waals surface area contributed by atoms with Crippen molar-refractivity contribution in [2.45, 2.75) is 13.8 Å². The molecule has 3 aromatic carbocycles. The predicted molar refractivity (Wildman–Crippen MR) is 123 cm³/mol. The van der Waals surface area contributed by atoms with E-state index in [1.165, 1.54) is 12.0 Å². The molecule has 0 aromatic heterocycles. The van der Waals surface area contributed by atoms with Crippen LogP contribution in [0.1, 0.15) is 16.7 Å². The van der Waals surface area contributed by atoms with Crippen molar-refractivity contribution < 1.29 is 14.3 Å². The Morgan fingerprint density at radius 1 is 0.871 bits per heavy atom. The zero-order chi connectivity index (χ0) is 22.1. The Bertz CT molecular complexity index is 1200. The molecule has 31 heavy (non-hydrogen) atoms. The van der Waals surface area contributed by atoms with Gasteiger partial charge in [-0.1, -0.05) is 48.0 Å². The fourth-order valence-corrected chi connectivity index (χ4v) is 3.98. The SMILES string of the molecule is COc1ccc(NC2=C(c3ccccc3)C(=O)N(c3cc(C)cc(C)c3)C2=O)cc1Cl. The average molecular weight is 433 g/mol. The minimum atomic E-state index is -0.416. The summed E-state index contributed by atoms with van der Waals surface area (Å²) < 4.78 is 5.19. The number of nitrogens with zero attached hydrogens (tertiary/aromatic N) is 1. The number of anilines is 2. The molecule has 0 saturated carbocycles. The maximum Gasteiger partial charge on any atom is 0.282 e. The van der Waals surface area contributed by atoms with Gasteiger partial charge in [0.25, 0.3) is 11.8 Å². The number of hydrogen-bond donors (Lipinski definition) is 1. The van der Waals surface area contributed by atoms with Gasteiger partial charge < -0.3 is 10.1 Å². The summed E-state index contributed by atoms with van der Waals surface area (Å²) in [5, 5.41) is 3.52. The first-order valence-electron chi connectivity index (χ1n) is 9.76. The van der Waals surface area contributed by atoms with Gasteiger partial charge in [0.15, 0.2) is 0 Å². The van der Waals surface area contributed by atoms with Crippen LogP contribution in [0, 0.1) is 13.8 Å². The lowest BCUT2D eigenvalue weighted by atomic mass is 10.0. The lowest BCUT2D eigenvalue weighted by Crippen LogP contribution is -2.32. The predicted octanol–water partition coefficient (Wildman–Crippen LogP) is 5.36. The topological polar surface area (TPSA) is 58.6 Å². The number of benzene rings is 3. The fraction of sp³-hybridized carbons (Fsp3) is 0.120. The molecule has 2 amide bonds. The Hall–Kier alpha value is -3.57. The molecule has 0 bridgehead atoms. The smallest absolute Gasteiger partial charge is 0.282 e. The highest BCUT2D eigenvalue weighted by Gasteiger charge is 2.40. The summed E-state index contributed by atoms with van der Waals surface area (Å²) in [5.74, 6) is -0.265. The van der Waals surface area contributed by atoms with Gasteiger partial charge in [0.05, 0.1) is 23.4 Å². The first kappa shape index (κ1) is 20.7. The van der Waals surface area contributed by atoms with Crippen LogP contribution in [0.5, 0.6) is 5.75 Å². The van der Waals surface area contributed by atoms with Crippen LogP contribution >= 0.6 is 11.6 Å². The van der Waals surface area contributed by atoms with E-state index in [0.29, 0.717) is 33.3 Å². The van der Waals surface area contributed by atoms with Crippen LogP contribution in [-0.4, -0.2) is 18.9 Å². The second-order valence-electron chi connectivity index (χ2n) is 7.38. The number of methoxy groups -OCH3 is 1. The maximum atomic E-state index is 13.5. The van der Waals surface area contributed by atoms with Crippen molar-refractivity contribution in [3.8, 4) is 5.75 Å². The van der Waals surface area contributed by atoms with Gasteiger partial charge in [-0.25, -0.2) is 4.90 Å². The summed E-state index contributed by atoms with van der Waals surface area (Å²) >= 11 is 6.25. The van der Waals surface area contributed by atoms with Crippen molar-refractivity contribution in [1.82, 2.24) is 0 Å². The van der Waals surface area contributed by atoms with E-state index < -0.39 is 5.91 Å². The molecule has 0 unspecified atom stereocenters. The highest BCUT2D eigenvalue weighted by atomic mass is 35.5. The van der Waals surface area contributed by atoms with Gasteiger partial charge >= 0.3 is 0 Å². The fourth-order valence-electron chi connectivity index (χ4n) is 3.72. The van der Waals surface area contributed by atoms with Crippen molar-refractivity contribution in [3.05, 3.63) is 94.1 Å². The Morgan fingerprint density at radius 3 is 2.16 bits per heavy atom. The average Bonchev–Trinajstić information content (AvgIpc) is 2.97. The molecule has 1 aliphatic rings. The van der Waals surface area contributed by atoms with E-state index in [0.717, 1.165) is 11.1 Å². The number of nitrogens with one attached hydrogen (secondary N) is 1. The third-order valence-corrected chi connectivity index (χ3v) is 5.33. The number of carbonyl (C=O) groups excluding carboxylic acids is 2. The summed E-state index contributed by atoms with van der Waals surface area (Å²) in [6.07, 6.45) is 0. The number of imide groups is 1. The second kappa shape index (κ2) is 8.28. The number of carbonyl (C=O) groups is 2. The van der Waals surface area contributed by atoms with E-state index in [-0.39, 0.29) is 11.6 Å². The molecule has 1 heterocycles. The molecular formula is C25H21ClN2O3. The number of rotatable bonds is 5. The van der Waals surface area contributed by atoms with E-state index >= 15 is 0 Å². The number of ether oxygens (including phenoxy) is 1. The second-order valence-corrected chi connectivity index (χ2v) is 7.79. The van der Waals surface area contributed by atoms with Crippen LogP contribution in [0.15, 0.2) is 72.4 Å². The summed E-state index contributed by atoms with van der Waals surface area (Å²) in [7, 11) is 1.53. The lowest BCUT2D eigenvalue weighted by Gasteiger charge is -2.17. The molecule has 0 aliphatic carbocycles. The minimum Gasteiger partial charge on any atom is -0.495 e. The molecule has 0 radical (unpaired) electrons. The first-order chi connectivity index (χ1) is 14.9. The van der Waals surface area contributed by atoms with Gasteiger partial charge in [-0.2, -0.15) is 0 Å². The minimum absolute atomic E-state index is 0.205. The van der Waals surface area contributed by atoms with Gasteiger partial charge in [-0.05, 0) is 60.9 Å². The van der Waals surface area contributed by atoms with Crippen LogP contribution in [0.4, 0.5) is 11.4 Å². The van der Waals surface area contributed by atoms with Crippen LogP contribution in [0.25, 0.3) is 5.57 Å². The first-order valence-corrected chi connectivity index (χ1v) is 10.1. The standard InChI is InChI=1S/C25H21ClN2O3/c1-15-11-16(2)13-19(12-15)28-24(29)22(17-7-5-4-6-8-17)23(25(28)30)27-18-9-10-21(31-3)20(26)14-18/h4-14,27H,1-3H3. The van der Waals surface area contributed by atoms with Gasteiger partial charge in [0.2, 0.25) is 0 Å². The quantitative estimate of drug-likeness (QED) is 0.551. The number of aryl methyl sites for hydroxylation is 2. The van der Waals surface area contributed by atoms with E-state index in [1.807, 2.05) is 62.4 Å². The Balaban J connectivity index is 1.81. The van der Waals surface area contributed by atoms with Gasteiger partial charge in [-0.3, -0.25) is 9.59 Å². The van der Waals surface area contributed by atoms with E-state index in [2.05, 4.69) is 5.32 Å². The highest BCUT2D eigenvalue weighted by Crippen LogP contribution is 2.35. The summed E-state index contributed by atoms with van der Waals surface area (Å²) in [5.41, 5.74) is 4.26. The van der Waals surface area contributed by atoms with Gasteiger partial charge in [-0.15, -0.1) is 0 Å². The van der Waals surface area contributed by atoms with Crippen LogP contribution in [0.3, 0.4) is 0 Å². The molecule has 4 rings (SSSR count). The molecule has 5 nitrogen and oxygen atoms in total. The monoisotopic (exact) mass is 432 g/mol. The van der Waals surface area contributed by atoms with Crippen LogP contribution in [-0.2, 0) is 9.59 Å². The number of amides is 2. The zero-order valence-corrected chi connectivity index (χ0v) is 18.2. The molecule has 6 heteroatoms. The largest absolute Gasteiger partial charge is 0.495 e. The number of hydrogen-bond acceptors (Lipinski definition) is 4. The Morgan fingerprint density at radius 2 is 1.55 bits per heavy atom. The molecule has 1 aliphatic heterocycles. The highest BCUT2D eigenvalue weighted by molar-refractivity contribution is 6.46. The van der Waals surface area contributed by atoms with Gasteiger partial charge in [0.1, 0.15) is 11.4 Å². The molecule has 0 atom stereocenters. The van der Waals surface area contributed by atoms with Crippen molar-refractivity contribution in [2.24, 2.45) is 0 Å². The third kappa shape index (κ3) is 3.92. The molecule has 0 spiro atoms. The summed E-state index contributed by atoms with van der Waals surface area (Å²) in [6, 6.07) is 19.9. The summed E-state index contributed by atoms with van der Waals surface area (Å²) in [6.45, 7) is 3.87. The van der Waals surface area contributed by atoms with Crippen molar-refractivity contribution in [3.63, 3.8) is 0 Å². The van der Waals surface area contributed by atoms with Crippen molar-refractivity contribution in [2.75, 3.05) is 17.3 Å². The molecule has 156 valence electrons. The Labute approximate surface area is 185 Å². The third-order valence-electron chi connectivity index (χ3n) is 5.03. The Kier molecular flexibility index (Phi) is 5.53. The van der Waals surface area contributed by atoms with E-state index in [1.54, 1.807) is 18.2 Å². The maximum absolute atomic E-state index is 13.5. The van der Waals surface area contributed by atoms with Gasteiger partial charge in [0, 0.05) is 5.69 Å². The van der Waals surface area contributed by atoms with Crippen molar-refractivity contribution in [1.29, 1.82) is 0 Å². The molecule has 1 N–H and O–H groups in total. The van der Waals surface area contributed by atoms with E-state index in [4.69, 9.17) is 16.3 Å². The molecule has 0 saturated heterocycles. The van der Waals surface area contributed by atoms with Crippen LogP contribution < -0.4 is 15.0 Å². The molecule has 3 aromatic rings. The zero-order valence-electron chi connectivity index (χ0n) is 17.4. The molecule has 0 fully saturated rings. The van der Waals surface area contributed by atoms with Crippen LogP contribution in [0.2, 0.25) is 5.02 Å². The molecular weight excluding hydrogens is 412 g/mol.